The van der Waals surface area contributed by atoms with Gasteiger partial charge in [-0.25, -0.2) is 13.2 Å². The zero-order valence-electron chi connectivity index (χ0n) is 24.1. The van der Waals surface area contributed by atoms with Gasteiger partial charge >= 0.3 is 6.09 Å². The molecule has 0 saturated heterocycles. The third kappa shape index (κ3) is 12.5. The number of ether oxygens (including phenoxy) is 1. The topological polar surface area (TPSA) is 148 Å². The Kier molecular flexibility index (Phi) is 14.8. The number of aryl methyl sites for hydroxylation is 1. The second-order valence-corrected chi connectivity index (χ2v) is 11.4. The van der Waals surface area contributed by atoms with Crippen molar-refractivity contribution < 1.29 is 27.5 Å². The minimum absolute atomic E-state index is 0.000729. The van der Waals surface area contributed by atoms with Crippen LogP contribution in [0.4, 0.5) is 4.79 Å². The van der Waals surface area contributed by atoms with Crippen LogP contribution in [0.2, 0.25) is 0 Å². The Balaban J connectivity index is 0.000000766. The lowest BCUT2D eigenvalue weighted by molar-refractivity contribution is -0.127. The van der Waals surface area contributed by atoms with E-state index in [1.165, 1.54) is 22.0 Å². The van der Waals surface area contributed by atoms with Gasteiger partial charge in [-0.2, -0.15) is 4.31 Å². The third-order valence-corrected chi connectivity index (χ3v) is 7.82. The number of rotatable bonds is 14. The van der Waals surface area contributed by atoms with E-state index in [0.717, 1.165) is 5.56 Å². The first-order valence-electron chi connectivity index (χ1n) is 13.7. The van der Waals surface area contributed by atoms with Gasteiger partial charge in [0.05, 0.1) is 11.3 Å². The van der Waals surface area contributed by atoms with Gasteiger partial charge in [0.1, 0.15) is 12.6 Å². The normalized spacial score (nSPS) is 11.5. The number of carbonyl (C=O) groups excluding carboxylic acids is 3. The van der Waals surface area contributed by atoms with Crippen LogP contribution in [0.1, 0.15) is 37.3 Å². The van der Waals surface area contributed by atoms with Crippen LogP contribution in [0, 0.1) is 6.92 Å². The van der Waals surface area contributed by atoms with Gasteiger partial charge in [-0.15, -0.1) is 0 Å². The Morgan fingerprint density at radius 3 is 1.98 bits per heavy atom. The molecule has 11 heteroatoms. The largest absolute Gasteiger partial charge is 0.445 e. The predicted octanol–water partition coefficient (Wildman–Crippen LogP) is 3.76. The summed E-state index contributed by atoms with van der Waals surface area (Å²) in [6, 6.07) is 26.2. The molecule has 3 aromatic rings. The second-order valence-electron chi connectivity index (χ2n) is 9.45. The van der Waals surface area contributed by atoms with Crippen LogP contribution in [0.15, 0.2) is 95.9 Å². The molecule has 226 valence electrons. The molecule has 0 aliphatic heterocycles. The van der Waals surface area contributed by atoms with Crippen LogP contribution < -0.4 is 16.4 Å². The maximum absolute atomic E-state index is 12.9. The number of carbonyl (C=O) groups is 3. The van der Waals surface area contributed by atoms with Crippen LogP contribution in [0.3, 0.4) is 0 Å². The van der Waals surface area contributed by atoms with E-state index in [0.29, 0.717) is 19.4 Å². The average Bonchev–Trinajstić information content (AvgIpc) is 2.98. The summed E-state index contributed by atoms with van der Waals surface area (Å²) in [6.45, 7) is 4.63. The number of nitrogens with one attached hydrogen (secondary N) is 2. The monoisotopic (exact) mass is 596 g/mol. The standard InChI is InChI=1S/C24H32N4O6S.C7H8/c1-2-15-28(35(32,33)20-12-7-4-8-13-20)16-9-14-26-23(30)21(17-22(25)29)27-24(31)34-18-19-10-5-3-6-11-19;1-7-5-3-2-4-6-7/h3-8,10-13,21H,2,9,14-18H2,1H3,(H2,25,29)(H,26,30)(H,27,31);2-6H,1H3/t21-;/m0./s1. The highest BCUT2D eigenvalue weighted by atomic mass is 32.2. The Bertz CT molecular complexity index is 1340. The highest BCUT2D eigenvalue weighted by molar-refractivity contribution is 7.89. The molecule has 0 radical (unpaired) electrons. The molecule has 42 heavy (non-hydrogen) atoms. The van der Waals surface area contributed by atoms with Gasteiger partial charge in [-0.05, 0) is 37.5 Å². The van der Waals surface area contributed by atoms with Gasteiger partial charge in [0.15, 0.2) is 0 Å². The van der Waals surface area contributed by atoms with Crippen LogP contribution in [-0.2, 0) is 31.0 Å². The minimum Gasteiger partial charge on any atom is -0.445 e. The van der Waals surface area contributed by atoms with Gasteiger partial charge in [-0.1, -0.05) is 91.3 Å². The lowest BCUT2D eigenvalue weighted by Gasteiger charge is -2.22. The molecule has 0 spiro atoms. The number of nitrogens with zero attached hydrogens (tertiary/aromatic N) is 1. The molecule has 0 aromatic heterocycles. The zero-order chi connectivity index (χ0) is 30.8. The smallest absolute Gasteiger partial charge is 0.408 e. The fourth-order valence-corrected chi connectivity index (χ4v) is 5.38. The van der Waals surface area contributed by atoms with Gasteiger partial charge in [-0.3, -0.25) is 9.59 Å². The third-order valence-electron chi connectivity index (χ3n) is 5.90. The summed E-state index contributed by atoms with van der Waals surface area (Å²) in [6.07, 6.45) is -0.303. The van der Waals surface area contributed by atoms with Crippen LogP contribution in [0.25, 0.3) is 0 Å². The first-order chi connectivity index (χ1) is 20.1. The molecule has 3 aromatic carbocycles. The van der Waals surface area contributed by atoms with E-state index in [1.54, 1.807) is 42.5 Å². The van der Waals surface area contributed by atoms with Gasteiger partial charge in [0, 0.05) is 19.6 Å². The van der Waals surface area contributed by atoms with Crippen molar-refractivity contribution in [3.8, 4) is 0 Å². The van der Waals surface area contributed by atoms with Crippen LogP contribution >= 0.6 is 0 Å². The Morgan fingerprint density at radius 2 is 1.45 bits per heavy atom. The van der Waals surface area contributed by atoms with Crippen molar-refractivity contribution in [2.24, 2.45) is 5.73 Å². The van der Waals surface area contributed by atoms with Crippen LogP contribution in [0.5, 0.6) is 0 Å². The summed E-state index contributed by atoms with van der Waals surface area (Å²) >= 11 is 0. The Labute approximate surface area is 248 Å². The molecule has 0 unspecified atom stereocenters. The van der Waals surface area contributed by atoms with Gasteiger partial charge in [0.2, 0.25) is 21.8 Å². The second kappa shape index (κ2) is 18.3. The fourth-order valence-electron chi connectivity index (χ4n) is 3.79. The Morgan fingerprint density at radius 1 is 0.881 bits per heavy atom. The molecule has 0 aliphatic carbocycles. The minimum atomic E-state index is -3.66. The molecule has 1 atom stereocenters. The molecule has 10 nitrogen and oxygen atoms in total. The van der Waals surface area contributed by atoms with Crippen LogP contribution in [-0.4, -0.2) is 56.3 Å². The summed E-state index contributed by atoms with van der Waals surface area (Å²) in [7, 11) is -3.66. The SMILES string of the molecule is CCCN(CCCNC(=O)[C@H](CC(N)=O)NC(=O)OCc1ccccc1)S(=O)(=O)c1ccccc1.Cc1ccccc1. The predicted molar refractivity (Wildman–Crippen MR) is 162 cm³/mol. The molecule has 0 bridgehead atoms. The molecular weight excluding hydrogens is 556 g/mol. The molecule has 0 saturated carbocycles. The van der Waals surface area contributed by atoms with E-state index in [-0.39, 0.29) is 24.6 Å². The summed E-state index contributed by atoms with van der Waals surface area (Å²) in [5.74, 6) is -1.38. The summed E-state index contributed by atoms with van der Waals surface area (Å²) in [4.78, 5) is 36.3. The van der Waals surface area contributed by atoms with Crippen molar-refractivity contribution >= 4 is 27.9 Å². The Hall–Kier alpha value is -4.22. The van der Waals surface area contributed by atoms with Gasteiger partial charge in [0.25, 0.3) is 0 Å². The molecule has 3 amide bonds. The van der Waals surface area contributed by atoms with E-state index in [9.17, 15) is 22.8 Å². The lowest BCUT2D eigenvalue weighted by Crippen LogP contribution is -2.49. The van der Waals surface area contributed by atoms with Gasteiger partial charge < -0.3 is 21.1 Å². The quantitative estimate of drug-likeness (QED) is 0.242. The van der Waals surface area contributed by atoms with Crippen molar-refractivity contribution in [2.75, 3.05) is 19.6 Å². The van der Waals surface area contributed by atoms with E-state index in [2.05, 4.69) is 29.7 Å². The first-order valence-corrected chi connectivity index (χ1v) is 15.2. The van der Waals surface area contributed by atoms with E-state index < -0.39 is 40.4 Å². The number of primary amides is 1. The number of sulfonamides is 1. The van der Waals surface area contributed by atoms with E-state index in [4.69, 9.17) is 10.5 Å². The number of nitrogens with two attached hydrogens (primary N) is 1. The summed E-state index contributed by atoms with van der Waals surface area (Å²) < 4.78 is 32.2. The summed E-state index contributed by atoms with van der Waals surface area (Å²) in [5.41, 5.74) is 7.30. The first kappa shape index (κ1) is 34.0. The zero-order valence-corrected chi connectivity index (χ0v) is 24.9. The molecular formula is C31H40N4O6S. The highest BCUT2D eigenvalue weighted by Gasteiger charge is 2.25. The highest BCUT2D eigenvalue weighted by Crippen LogP contribution is 2.16. The van der Waals surface area contributed by atoms with Crippen molar-refractivity contribution in [2.45, 2.75) is 50.7 Å². The van der Waals surface area contributed by atoms with Crippen molar-refractivity contribution in [3.05, 3.63) is 102 Å². The lowest BCUT2D eigenvalue weighted by atomic mass is 10.2. The van der Waals surface area contributed by atoms with E-state index in [1.807, 2.05) is 31.2 Å². The number of amides is 3. The molecule has 0 fully saturated rings. The number of hydrogen-bond acceptors (Lipinski definition) is 6. The average molecular weight is 597 g/mol. The summed E-state index contributed by atoms with van der Waals surface area (Å²) in [5, 5.41) is 4.97. The molecule has 0 aliphatic rings. The van der Waals surface area contributed by atoms with E-state index >= 15 is 0 Å². The number of hydrogen-bond donors (Lipinski definition) is 3. The molecule has 3 rings (SSSR count). The van der Waals surface area contributed by atoms with Crippen molar-refractivity contribution in [1.82, 2.24) is 14.9 Å². The number of alkyl carbamates (subject to hydrolysis) is 1. The maximum atomic E-state index is 12.9. The molecule has 0 heterocycles. The fraction of sp³-hybridized carbons (Fsp3) is 0.323. The maximum Gasteiger partial charge on any atom is 0.408 e. The van der Waals surface area contributed by atoms with Crippen molar-refractivity contribution in [1.29, 1.82) is 0 Å². The molecule has 4 N–H and O–H groups in total. The van der Waals surface area contributed by atoms with Crippen molar-refractivity contribution in [3.63, 3.8) is 0 Å². The number of benzene rings is 3.